The Bertz CT molecular complexity index is 1190. The highest BCUT2D eigenvalue weighted by molar-refractivity contribution is 5.77. The summed E-state index contributed by atoms with van der Waals surface area (Å²) in [6.45, 7) is 0.884. The van der Waals surface area contributed by atoms with Gasteiger partial charge in [0.2, 0.25) is 0 Å². The molecule has 0 aliphatic carbocycles. The normalized spacial score (nSPS) is 14.0. The van der Waals surface area contributed by atoms with Crippen molar-refractivity contribution in [2.75, 3.05) is 0 Å². The molecule has 2 N–H and O–H groups in total. The Balaban J connectivity index is 1.71. The Kier molecular flexibility index (Phi) is 3.85. The number of nitrogens with zero attached hydrogens (tertiary/aromatic N) is 7. The number of hydrogen-bond acceptors (Lipinski definition) is 5. The number of aromatic nitrogens is 5. The summed E-state index contributed by atoms with van der Waals surface area (Å²) < 4.78 is 17.3. The number of rotatable bonds is 3. The highest BCUT2D eigenvalue weighted by Gasteiger charge is 2.23. The van der Waals surface area contributed by atoms with Crippen molar-refractivity contribution < 1.29 is 4.39 Å². The maximum Gasteiger partial charge on any atom is 0.196 e. The average Bonchev–Trinajstić information content (AvgIpc) is 3.29. The average molecular weight is 376 g/mol. The number of benzene rings is 1. The molecule has 4 heterocycles. The minimum atomic E-state index is -0.270. The largest absolute Gasteiger partial charge is 0.326 e. The van der Waals surface area contributed by atoms with Gasteiger partial charge in [-0.05, 0) is 49.2 Å². The summed E-state index contributed by atoms with van der Waals surface area (Å²) in [7, 11) is 0. The highest BCUT2D eigenvalue weighted by atomic mass is 19.1. The number of hydrogen-bond donors (Lipinski definition) is 1. The molecule has 0 amide bonds. The minimum absolute atomic E-state index is 0.270. The Labute approximate surface area is 159 Å². The van der Waals surface area contributed by atoms with E-state index in [1.54, 1.807) is 22.8 Å². The maximum absolute atomic E-state index is 13.4. The summed E-state index contributed by atoms with van der Waals surface area (Å²) in [5.74, 6) is 6.26. The molecule has 1 aliphatic rings. The molecule has 1 aliphatic heterocycles. The number of nitrogens with two attached hydrogens (primary N) is 1. The van der Waals surface area contributed by atoms with E-state index in [0.29, 0.717) is 11.5 Å². The molecule has 0 saturated heterocycles. The molecule has 1 aromatic carbocycles. The maximum atomic E-state index is 13.4. The summed E-state index contributed by atoms with van der Waals surface area (Å²) >= 11 is 0. The molecule has 8 nitrogen and oxygen atoms in total. The van der Waals surface area contributed by atoms with E-state index in [-0.39, 0.29) is 5.82 Å². The van der Waals surface area contributed by atoms with Crippen LogP contribution in [0.1, 0.15) is 18.7 Å². The summed E-state index contributed by atoms with van der Waals surface area (Å²) in [6, 6.07) is 10.2. The van der Waals surface area contributed by atoms with E-state index in [0.717, 1.165) is 54.3 Å². The van der Waals surface area contributed by atoms with Crippen LogP contribution < -0.4 is 5.84 Å². The van der Waals surface area contributed by atoms with Gasteiger partial charge in [0.25, 0.3) is 0 Å². The second-order valence-electron chi connectivity index (χ2n) is 6.68. The van der Waals surface area contributed by atoms with Gasteiger partial charge in [-0.3, -0.25) is 0 Å². The molecule has 0 bridgehead atoms. The zero-order valence-electron chi connectivity index (χ0n) is 15.0. The van der Waals surface area contributed by atoms with Gasteiger partial charge >= 0.3 is 0 Å². The van der Waals surface area contributed by atoms with Crippen LogP contribution in [0.2, 0.25) is 0 Å². The predicted molar refractivity (Wildman–Crippen MR) is 101 cm³/mol. The van der Waals surface area contributed by atoms with Gasteiger partial charge in [-0.2, -0.15) is 5.10 Å². The molecule has 0 saturated carbocycles. The quantitative estimate of drug-likeness (QED) is 0.335. The molecule has 28 heavy (non-hydrogen) atoms. The predicted octanol–water partition coefficient (Wildman–Crippen LogP) is 3.69. The van der Waals surface area contributed by atoms with Crippen molar-refractivity contribution in [1.82, 2.24) is 24.1 Å². The fourth-order valence-corrected chi connectivity index (χ4v) is 3.66. The number of aryl methyl sites for hydroxylation is 1. The number of halogens is 1. The lowest BCUT2D eigenvalue weighted by molar-refractivity contribution is 0.525. The molecule has 0 fully saturated rings. The van der Waals surface area contributed by atoms with E-state index < -0.39 is 0 Å². The monoisotopic (exact) mass is 376 g/mol. The van der Waals surface area contributed by atoms with Gasteiger partial charge in [0.15, 0.2) is 11.5 Å². The third-order valence-corrected chi connectivity index (χ3v) is 4.91. The van der Waals surface area contributed by atoms with Crippen LogP contribution in [-0.4, -0.2) is 24.1 Å². The van der Waals surface area contributed by atoms with E-state index >= 15 is 0 Å². The van der Waals surface area contributed by atoms with Gasteiger partial charge < -0.3 is 10.4 Å². The summed E-state index contributed by atoms with van der Waals surface area (Å²) in [6.07, 6.45) is 4.79. The van der Waals surface area contributed by atoms with Gasteiger partial charge in [-0.25, -0.2) is 18.9 Å². The third kappa shape index (κ3) is 2.72. The van der Waals surface area contributed by atoms with Crippen LogP contribution in [0, 0.1) is 5.82 Å². The van der Waals surface area contributed by atoms with E-state index in [4.69, 9.17) is 15.9 Å². The molecule has 0 unspecified atom stereocenters. The van der Waals surface area contributed by atoms with Gasteiger partial charge in [-0.1, -0.05) is 5.22 Å². The fourth-order valence-electron chi connectivity index (χ4n) is 3.66. The Hall–Kier alpha value is -3.62. The molecular weight excluding hydrogens is 359 g/mol. The summed E-state index contributed by atoms with van der Waals surface area (Å²) in [4.78, 5) is 9.17. The molecule has 3 aromatic heterocycles. The lowest BCUT2D eigenvalue weighted by Gasteiger charge is -2.16. The minimum Gasteiger partial charge on any atom is -0.326 e. The van der Waals surface area contributed by atoms with Crippen LogP contribution in [0.5, 0.6) is 0 Å². The van der Waals surface area contributed by atoms with Gasteiger partial charge in [-0.15, -0.1) is 5.11 Å². The van der Waals surface area contributed by atoms with E-state index in [1.807, 2.05) is 12.1 Å². The molecule has 9 heteroatoms. The topological polar surface area (TPSA) is 98.7 Å². The number of imidazole rings is 2. The van der Waals surface area contributed by atoms with Crippen LogP contribution in [0.4, 0.5) is 10.2 Å². The molecule has 140 valence electrons. The van der Waals surface area contributed by atoms with Crippen LogP contribution in [-0.2, 0) is 13.0 Å². The van der Waals surface area contributed by atoms with Crippen LogP contribution in [0.25, 0.3) is 28.3 Å². The first-order chi connectivity index (χ1) is 13.7. The molecule has 0 radical (unpaired) electrons. The second-order valence-corrected chi connectivity index (χ2v) is 6.68. The lowest BCUT2D eigenvalue weighted by atomic mass is 10.1. The van der Waals surface area contributed by atoms with Crippen molar-refractivity contribution >= 4 is 11.5 Å². The fraction of sp³-hybridized carbons (Fsp3) is 0.211. The molecule has 4 aromatic rings. The first-order valence-electron chi connectivity index (χ1n) is 9.06. The first kappa shape index (κ1) is 16.5. The van der Waals surface area contributed by atoms with E-state index in [1.165, 1.54) is 12.1 Å². The lowest BCUT2D eigenvalue weighted by Crippen LogP contribution is -2.12. The molecule has 0 atom stereocenters. The van der Waals surface area contributed by atoms with Crippen molar-refractivity contribution in [2.45, 2.75) is 25.8 Å². The van der Waals surface area contributed by atoms with E-state index in [9.17, 15) is 4.39 Å². The van der Waals surface area contributed by atoms with Crippen LogP contribution >= 0.6 is 0 Å². The summed E-state index contributed by atoms with van der Waals surface area (Å²) in [5, 5.41) is 11.7. The molecule has 5 rings (SSSR count). The molecule has 0 spiro atoms. The Morgan fingerprint density at radius 1 is 1.04 bits per heavy atom. The molecular formula is C19H17FN8. The van der Waals surface area contributed by atoms with Crippen molar-refractivity contribution in [3.05, 3.63) is 54.2 Å². The van der Waals surface area contributed by atoms with Crippen LogP contribution in [0.3, 0.4) is 0 Å². The van der Waals surface area contributed by atoms with Crippen LogP contribution in [0.15, 0.2) is 52.9 Å². The standard InChI is InChI=1S/C19H17FN8/c20-13-6-4-12(5-7-13)18-19(27-10-2-1-3-16(27)23-18)14-8-9-17-22-15(24-26-21)11-28(17)25-14/h4-9,11H,1-3,10H2,(H2,21,24). The van der Waals surface area contributed by atoms with Gasteiger partial charge in [0.05, 0.1) is 17.6 Å². The Morgan fingerprint density at radius 2 is 1.89 bits per heavy atom. The van der Waals surface area contributed by atoms with Crippen molar-refractivity contribution in [2.24, 2.45) is 16.2 Å². The summed E-state index contributed by atoms with van der Waals surface area (Å²) in [5.41, 5.74) is 4.02. The van der Waals surface area contributed by atoms with Crippen molar-refractivity contribution in [3.63, 3.8) is 0 Å². The highest BCUT2D eigenvalue weighted by Crippen LogP contribution is 2.34. The zero-order valence-corrected chi connectivity index (χ0v) is 15.0. The third-order valence-electron chi connectivity index (χ3n) is 4.91. The smallest absolute Gasteiger partial charge is 0.196 e. The van der Waals surface area contributed by atoms with Gasteiger partial charge in [0.1, 0.15) is 17.3 Å². The first-order valence-corrected chi connectivity index (χ1v) is 9.06. The number of fused-ring (bicyclic) bond motifs is 2. The SMILES string of the molecule is NN=Nc1cn2nc(-c3c(-c4ccc(F)cc4)nc4n3CCCC4)ccc2n1. The Morgan fingerprint density at radius 3 is 2.71 bits per heavy atom. The second kappa shape index (κ2) is 6.52. The van der Waals surface area contributed by atoms with Crippen molar-refractivity contribution in [1.29, 1.82) is 0 Å². The van der Waals surface area contributed by atoms with E-state index in [2.05, 4.69) is 19.9 Å². The van der Waals surface area contributed by atoms with Crippen molar-refractivity contribution in [3.8, 4) is 22.6 Å². The zero-order chi connectivity index (χ0) is 19.1. The van der Waals surface area contributed by atoms with Gasteiger partial charge in [0, 0.05) is 18.5 Å².